The van der Waals surface area contributed by atoms with E-state index in [-0.39, 0.29) is 18.1 Å². The monoisotopic (exact) mass is 397 g/mol. The zero-order valence-corrected chi connectivity index (χ0v) is 17.9. The lowest BCUT2D eigenvalue weighted by Crippen LogP contribution is -2.48. The summed E-state index contributed by atoms with van der Waals surface area (Å²) in [6, 6.07) is 11.7. The summed E-state index contributed by atoms with van der Waals surface area (Å²) in [6.45, 7) is 8.07. The number of carbonyl (C=O) groups excluding carboxylic acids is 1. The maximum absolute atomic E-state index is 12.6. The van der Waals surface area contributed by atoms with Crippen molar-refractivity contribution in [2.45, 2.75) is 39.3 Å². The average molecular weight is 398 g/mol. The third kappa shape index (κ3) is 4.65. The SMILES string of the molecule is CCN1CCc2cc(OC)c(OC)cc2[C@H]1[C@@H](C)NC(=O)Nc1ccc(C)cc1. The van der Waals surface area contributed by atoms with E-state index in [0.29, 0.717) is 5.75 Å². The van der Waals surface area contributed by atoms with Crippen LogP contribution in [0.15, 0.2) is 36.4 Å². The van der Waals surface area contributed by atoms with Crippen LogP contribution in [-0.4, -0.2) is 44.3 Å². The summed E-state index contributed by atoms with van der Waals surface area (Å²) in [4.78, 5) is 15.0. The quantitative estimate of drug-likeness (QED) is 0.769. The summed E-state index contributed by atoms with van der Waals surface area (Å²) in [7, 11) is 3.30. The number of urea groups is 1. The van der Waals surface area contributed by atoms with Crippen molar-refractivity contribution in [1.29, 1.82) is 0 Å². The second kappa shape index (κ2) is 9.18. The number of likely N-dealkylation sites (N-methyl/N-ethyl adjacent to an activating group) is 1. The fourth-order valence-corrected chi connectivity index (χ4v) is 4.06. The number of rotatable bonds is 6. The molecule has 3 rings (SSSR count). The lowest BCUT2D eigenvalue weighted by atomic mass is 9.88. The maximum atomic E-state index is 12.6. The molecule has 0 aromatic heterocycles. The number of benzene rings is 2. The van der Waals surface area contributed by atoms with Crippen molar-refractivity contribution in [2.24, 2.45) is 0 Å². The number of aryl methyl sites for hydroxylation is 1. The summed E-state index contributed by atoms with van der Waals surface area (Å²) in [5, 5.41) is 6.04. The van der Waals surface area contributed by atoms with Crippen molar-refractivity contribution in [3.63, 3.8) is 0 Å². The number of fused-ring (bicyclic) bond motifs is 1. The highest BCUT2D eigenvalue weighted by atomic mass is 16.5. The minimum Gasteiger partial charge on any atom is -0.493 e. The third-order valence-corrected chi connectivity index (χ3v) is 5.57. The molecule has 2 N–H and O–H groups in total. The van der Waals surface area contributed by atoms with Crippen LogP contribution in [0, 0.1) is 6.92 Å². The molecule has 0 bridgehead atoms. The van der Waals surface area contributed by atoms with Crippen LogP contribution in [0.3, 0.4) is 0 Å². The molecule has 156 valence electrons. The van der Waals surface area contributed by atoms with Crippen LogP contribution in [0.5, 0.6) is 11.5 Å². The Morgan fingerprint density at radius 1 is 1.17 bits per heavy atom. The van der Waals surface area contributed by atoms with Gasteiger partial charge >= 0.3 is 6.03 Å². The molecular weight excluding hydrogens is 366 g/mol. The Balaban J connectivity index is 1.81. The normalized spacial score (nSPS) is 17.2. The molecule has 0 aliphatic carbocycles. The molecule has 29 heavy (non-hydrogen) atoms. The number of hydrogen-bond donors (Lipinski definition) is 2. The second-order valence-corrected chi connectivity index (χ2v) is 7.48. The molecule has 0 spiro atoms. The summed E-state index contributed by atoms with van der Waals surface area (Å²) in [6.07, 6.45) is 0.947. The highest BCUT2D eigenvalue weighted by Crippen LogP contribution is 2.39. The summed E-state index contributed by atoms with van der Waals surface area (Å²) in [5.74, 6) is 1.46. The number of nitrogens with zero attached hydrogens (tertiary/aromatic N) is 1. The number of anilines is 1. The maximum Gasteiger partial charge on any atom is 0.319 e. The van der Waals surface area contributed by atoms with Crippen LogP contribution in [0.4, 0.5) is 10.5 Å². The fraction of sp³-hybridized carbons (Fsp3) is 0.435. The lowest BCUT2D eigenvalue weighted by Gasteiger charge is -2.40. The van der Waals surface area contributed by atoms with Crippen LogP contribution in [0.2, 0.25) is 0 Å². The molecule has 2 atom stereocenters. The Bertz CT molecular complexity index is 851. The lowest BCUT2D eigenvalue weighted by molar-refractivity contribution is 0.160. The number of amides is 2. The Kier molecular flexibility index (Phi) is 6.64. The van der Waals surface area contributed by atoms with Gasteiger partial charge in [0.1, 0.15) is 0 Å². The molecule has 1 heterocycles. The minimum absolute atomic E-state index is 0.0623. The molecule has 2 aromatic rings. The Morgan fingerprint density at radius 2 is 1.83 bits per heavy atom. The molecule has 0 fully saturated rings. The number of methoxy groups -OCH3 is 2. The van der Waals surface area contributed by atoms with Crippen molar-refractivity contribution in [2.75, 3.05) is 32.6 Å². The van der Waals surface area contributed by atoms with Crippen LogP contribution < -0.4 is 20.1 Å². The van der Waals surface area contributed by atoms with Crippen LogP contribution in [0.25, 0.3) is 0 Å². The molecule has 0 saturated carbocycles. The van der Waals surface area contributed by atoms with Gasteiger partial charge in [-0.2, -0.15) is 0 Å². The Hall–Kier alpha value is -2.73. The summed E-state index contributed by atoms with van der Waals surface area (Å²) in [5.41, 5.74) is 4.36. The van der Waals surface area contributed by atoms with Crippen molar-refractivity contribution < 1.29 is 14.3 Å². The Morgan fingerprint density at radius 3 is 2.45 bits per heavy atom. The molecule has 6 nitrogen and oxygen atoms in total. The molecule has 0 unspecified atom stereocenters. The zero-order chi connectivity index (χ0) is 21.0. The van der Waals surface area contributed by atoms with Gasteiger partial charge in [0.15, 0.2) is 11.5 Å². The van der Waals surface area contributed by atoms with Gasteiger partial charge in [0, 0.05) is 18.3 Å². The fourth-order valence-electron chi connectivity index (χ4n) is 4.06. The van der Waals surface area contributed by atoms with Gasteiger partial charge in [0.05, 0.1) is 20.3 Å². The van der Waals surface area contributed by atoms with E-state index in [0.717, 1.165) is 36.5 Å². The van der Waals surface area contributed by atoms with Crippen molar-refractivity contribution in [1.82, 2.24) is 10.2 Å². The molecule has 0 radical (unpaired) electrons. The number of nitrogens with one attached hydrogen (secondary N) is 2. The zero-order valence-electron chi connectivity index (χ0n) is 17.9. The van der Waals surface area contributed by atoms with E-state index in [9.17, 15) is 4.79 Å². The smallest absolute Gasteiger partial charge is 0.319 e. The van der Waals surface area contributed by atoms with Gasteiger partial charge in [-0.25, -0.2) is 4.79 Å². The second-order valence-electron chi connectivity index (χ2n) is 7.48. The average Bonchev–Trinajstić information content (AvgIpc) is 2.73. The summed E-state index contributed by atoms with van der Waals surface area (Å²) < 4.78 is 11.0. The number of ether oxygens (including phenoxy) is 2. The van der Waals surface area contributed by atoms with E-state index in [1.54, 1.807) is 14.2 Å². The molecule has 0 saturated heterocycles. The molecule has 2 aromatic carbocycles. The van der Waals surface area contributed by atoms with Gasteiger partial charge in [0.25, 0.3) is 0 Å². The molecule has 2 amide bonds. The molecular formula is C23H31N3O3. The van der Waals surface area contributed by atoms with Crippen LogP contribution in [-0.2, 0) is 6.42 Å². The molecule has 6 heteroatoms. The van der Waals surface area contributed by atoms with Gasteiger partial charge in [-0.15, -0.1) is 0 Å². The van der Waals surface area contributed by atoms with E-state index in [4.69, 9.17) is 9.47 Å². The van der Waals surface area contributed by atoms with Gasteiger partial charge in [-0.1, -0.05) is 24.6 Å². The highest BCUT2D eigenvalue weighted by Gasteiger charge is 2.32. The summed E-state index contributed by atoms with van der Waals surface area (Å²) >= 11 is 0. The largest absolute Gasteiger partial charge is 0.493 e. The van der Waals surface area contributed by atoms with E-state index in [1.165, 1.54) is 11.1 Å². The minimum atomic E-state index is -0.204. The first-order chi connectivity index (χ1) is 14.0. The van der Waals surface area contributed by atoms with E-state index in [1.807, 2.05) is 38.1 Å². The predicted octanol–water partition coefficient (Wildman–Crippen LogP) is 4.14. The highest BCUT2D eigenvalue weighted by molar-refractivity contribution is 5.89. The van der Waals surface area contributed by atoms with Gasteiger partial charge < -0.3 is 20.1 Å². The molecule has 1 aliphatic heterocycles. The van der Waals surface area contributed by atoms with Crippen molar-refractivity contribution in [3.05, 3.63) is 53.1 Å². The number of hydrogen-bond acceptors (Lipinski definition) is 4. The van der Waals surface area contributed by atoms with Gasteiger partial charge in [0.2, 0.25) is 0 Å². The first-order valence-electron chi connectivity index (χ1n) is 10.1. The predicted molar refractivity (Wildman–Crippen MR) is 116 cm³/mol. The molecule has 1 aliphatic rings. The van der Waals surface area contributed by atoms with Crippen LogP contribution in [0.1, 0.15) is 36.6 Å². The Labute approximate surface area is 173 Å². The first kappa shape index (κ1) is 21.0. The standard InChI is InChI=1S/C23H31N3O3/c1-6-26-12-11-17-13-20(28-4)21(29-5)14-19(17)22(26)16(3)24-23(27)25-18-9-7-15(2)8-10-18/h7-10,13-14,16,22H,6,11-12H2,1-5H3,(H2,24,25,27)/t16-,22-/m1/s1. The number of carbonyl (C=O) groups is 1. The van der Waals surface area contributed by atoms with E-state index >= 15 is 0 Å². The van der Waals surface area contributed by atoms with Crippen LogP contribution >= 0.6 is 0 Å². The first-order valence-corrected chi connectivity index (χ1v) is 10.1. The van der Waals surface area contributed by atoms with E-state index in [2.05, 4.69) is 34.6 Å². The van der Waals surface area contributed by atoms with Gasteiger partial charge in [-0.3, -0.25) is 4.90 Å². The van der Waals surface area contributed by atoms with Crippen molar-refractivity contribution in [3.8, 4) is 11.5 Å². The third-order valence-electron chi connectivity index (χ3n) is 5.57. The topological polar surface area (TPSA) is 62.8 Å². The van der Waals surface area contributed by atoms with Gasteiger partial charge in [-0.05, 0) is 62.2 Å². The van der Waals surface area contributed by atoms with Crippen molar-refractivity contribution >= 4 is 11.7 Å². The van der Waals surface area contributed by atoms with E-state index < -0.39 is 0 Å².